The number of aryl methyl sites for hydroxylation is 1. The van der Waals surface area contributed by atoms with Crippen LogP contribution in [0.15, 0.2) is 54.6 Å². The van der Waals surface area contributed by atoms with Crippen LogP contribution in [-0.4, -0.2) is 35.7 Å². The fourth-order valence-corrected chi connectivity index (χ4v) is 3.26. The zero-order chi connectivity index (χ0) is 19.9. The van der Waals surface area contributed by atoms with E-state index in [9.17, 15) is 14.4 Å². The first-order chi connectivity index (χ1) is 13.6. The van der Waals surface area contributed by atoms with Gasteiger partial charge in [-0.3, -0.25) is 25.2 Å². The lowest BCUT2D eigenvalue weighted by atomic mass is 10.1. The monoisotopic (exact) mass is 379 g/mol. The summed E-state index contributed by atoms with van der Waals surface area (Å²) < 4.78 is 0. The largest absolute Gasteiger partial charge is 0.342 e. The van der Waals surface area contributed by atoms with Gasteiger partial charge in [-0.25, -0.2) is 0 Å². The van der Waals surface area contributed by atoms with Gasteiger partial charge in [-0.2, -0.15) is 0 Å². The first kappa shape index (κ1) is 19.6. The Hall–Kier alpha value is -3.15. The molecule has 146 valence electrons. The number of nitrogens with one attached hydrogen (secondary N) is 2. The molecular weight excluding hydrogens is 354 g/mol. The van der Waals surface area contributed by atoms with Crippen LogP contribution in [0.3, 0.4) is 0 Å². The molecule has 28 heavy (non-hydrogen) atoms. The van der Waals surface area contributed by atoms with Gasteiger partial charge in [0, 0.05) is 25.1 Å². The molecule has 1 saturated heterocycles. The molecule has 0 spiro atoms. The first-order valence-corrected chi connectivity index (χ1v) is 9.57. The molecule has 0 aromatic heterocycles. The molecule has 0 aliphatic carbocycles. The van der Waals surface area contributed by atoms with E-state index >= 15 is 0 Å². The molecule has 3 rings (SSSR count). The molecule has 1 unspecified atom stereocenters. The van der Waals surface area contributed by atoms with Crippen LogP contribution in [0.2, 0.25) is 0 Å². The minimum atomic E-state index is -0.453. The van der Waals surface area contributed by atoms with Gasteiger partial charge in [0.05, 0.1) is 5.92 Å². The van der Waals surface area contributed by atoms with E-state index in [0.717, 1.165) is 24.0 Å². The molecular formula is C22H25N3O3. The maximum atomic E-state index is 12.3. The Bertz CT molecular complexity index is 834. The van der Waals surface area contributed by atoms with Crippen LogP contribution < -0.4 is 10.9 Å². The number of hydrogen-bond donors (Lipinski definition) is 2. The number of amides is 3. The molecule has 0 bridgehead atoms. The van der Waals surface area contributed by atoms with Crippen LogP contribution in [0.1, 0.15) is 34.8 Å². The predicted octanol–water partition coefficient (Wildman–Crippen LogP) is 2.10. The van der Waals surface area contributed by atoms with Crippen molar-refractivity contribution in [2.45, 2.75) is 26.2 Å². The number of carbonyl (C=O) groups excluding carboxylic acids is 3. The molecule has 3 amide bonds. The number of hydrogen-bond acceptors (Lipinski definition) is 3. The average molecular weight is 379 g/mol. The summed E-state index contributed by atoms with van der Waals surface area (Å²) in [6.07, 6.45) is 1.82. The lowest BCUT2D eigenvalue weighted by Crippen LogP contribution is -2.45. The maximum Gasteiger partial charge on any atom is 0.269 e. The van der Waals surface area contributed by atoms with Crippen molar-refractivity contribution in [3.63, 3.8) is 0 Å². The summed E-state index contributed by atoms with van der Waals surface area (Å²) in [5.41, 5.74) is 7.65. The van der Waals surface area contributed by atoms with E-state index in [1.165, 1.54) is 0 Å². The van der Waals surface area contributed by atoms with Crippen molar-refractivity contribution >= 4 is 17.7 Å². The average Bonchev–Trinajstić information content (AvgIpc) is 3.11. The molecule has 1 atom stereocenters. The highest BCUT2D eigenvalue weighted by molar-refractivity contribution is 5.96. The fraction of sp³-hybridized carbons (Fsp3) is 0.318. The topological polar surface area (TPSA) is 78.5 Å². The van der Waals surface area contributed by atoms with Crippen molar-refractivity contribution in [2.24, 2.45) is 5.92 Å². The highest BCUT2D eigenvalue weighted by Crippen LogP contribution is 2.18. The van der Waals surface area contributed by atoms with Gasteiger partial charge in [-0.1, -0.05) is 49.4 Å². The quantitative estimate of drug-likeness (QED) is 0.755. The van der Waals surface area contributed by atoms with Gasteiger partial charge < -0.3 is 4.90 Å². The van der Waals surface area contributed by atoms with Crippen molar-refractivity contribution in [1.82, 2.24) is 15.8 Å². The molecule has 1 fully saturated rings. The Kier molecular flexibility index (Phi) is 6.42. The summed E-state index contributed by atoms with van der Waals surface area (Å²) in [6, 6.07) is 17.2. The molecule has 2 aromatic rings. The van der Waals surface area contributed by atoms with E-state index in [2.05, 4.69) is 10.9 Å². The standard InChI is InChI=1S/C22H25N3O3/c1-2-16-8-10-18(11-9-16)21(27)23-24-22(28)19-14-20(26)25(15-19)13-12-17-6-4-3-5-7-17/h3-11,19H,2,12-15H2,1H3,(H,23,27)(H,24,28). The Morgan fingerprint density at radius 3 is 2.39 bits per heavy atom. The number of hydrazine groups is 1. The van der Waals surface area contributed by atoms with E-state index in [4.69, 9.17) is 0 Å². The number of nitrogens with zero attached hydrogens (tertiary/aromatic N) is 1. The van der Waals surface area contributed by atoms with Gasteiger partial charge in [0.15, 0.2) is 0 Å². The highest BCUT2D eigenvalue weighted by Gasteiger charge is 2.34. The maximum absolute atomic E-state index is 12.3. The van der Waals surface area contributed by atoms with Crippen LogP contribution in [0, 0.1) is 5.92 Å². The van der Waals surface area contributed by atoms with E-state index in [-0.39, 0.29) is 24.1 Å². The van der Waals surface area contributed by atoms with Crippen molar-refractivity contribution in [1.29, 1.82) is 0 Å². The second-order valence-corrected chi connectivity index (χ2v) is 6.97. The highest BCUT2D eigenvalue weighted by atomic mass is 16.2. The molecule has 2 N–H and O–H groups in total. The molecule has 1 aliphatic heterocycles. The summed E-state index contributed by atoms with van der Waals surface area (Å²) in [5.74, 6) is -1.20. The molecule has 1 aliphatic rings. The van der Waals surface area contributed by atoms with E-state index < -0.39 is 5.92 Å². The zero-order valence-corrected chi connectivity index (χ0v) is 16.0. The molecule has 0 radical (unpaired) electrons. The van der Waals surface area contributed by atoms with Gasteiger partial charge >= 0.3 is 0 Å². The summed E-state index contributed by atoms with van der Waals surface area (Å²) in [7, 11) is 0. The van der Waals surface area contributed by atoms with Gasteiger partial charge in [-0.05, 0) is 36.1 Å². The van der Waals surface area contributed by atoms with Gasteiger partial charge in [0.2, 0.25) is 11.8 Å². The lowest BCUT2D eigenvalue weighted by molar-refractivity contribution is -0.129. The number of benzene rings is 2. The summed E-state index contributed by atoms with van der Waals surface area (Å²) >= 11 is 0. The third-order valence-electron chi connectivity index (χ3n) is 5.02. The Morgan fingerprint density at radius 1 is 1.00 bits per heavy atom. The fourth-order valence-electron chi connectivity index (χ4n) is 3.26. The smallest absolute Gasteiger partial charge is 0.269 e. The summed E-state index contributed by atoms with van der Waals surface area (Å²) in [4.78, 5) is 38.4. The predicted molar refractivity (Wildman–Crippen MR) is 106 cm³/mol. The third-order valence-corrected chi connectivity index (χ3v) is 5.02. The van der Waals surface area contributed by atoms with Crippen LogP contribution >= 0.6 is 0 Å². The molecule has 1 heterocycles. The van der Waals surface area contributed by atoms with Crippen molar-refractivity contribution in [3.05, 3.63) is 71.3 Å². The molecule has 6 heteroatoms. The minimum absolute atomic E-state index is 0.0300. The first-order valence-electron chi connectivity index (χ1n) is 9.57. The molecule has 6 nitrogen and oxygen atoms in total. The van der Waals surface area contributed by atoms with Crippen LogP contribution in [0.25, 0.3) is 0 Å². The second-order valence-electron chi connectivity index (χ2n) is 6.97. The lowest BCUT2D eigenvalue weighted by Gasteiger charge is -2.16. The van der Waals surface area contributed by atoms with Crippen LogP contribution in [0.5, 0.6) is 0 Å². The SMILES string of the molecule is CCc1ccc(C(=O)NNC(=O)C2CC(=O)N(CCc3ccccc3)C2)cc1. The number of likely N-dealkylation sites (tertiary alicyclic amines) is 1. The third kappa shape index (κ3) is 4.97. The van der Waals surface area contributed by atoms with E-state index in [1.54, 1.807) is 17.0 Å². The number of rotatable bonds is 6. The van der Waals surface area contributed by atoms with Gasteiger partial charge in [0.25, 0.3) is 5.91 Å². The molecule has 0 saturated carbocycles. The normalized spacial score (nSPS) is 16.1. The van der Waals surface area contributed by atoms with Crippen molar-refractivity contribution < 1.29 is 14.4 Å². The van der Waals surface area contributed by atoms with Crippen molar-refractivity contribution in [2.75, 3.05) is 13.1 Å². The van der Waals surface area contributed by atoms with E-state index in [1.807, 2.05) is 49.4 Å². The summed E-state index contributed by atoms with van der Waals surface area (Å²) in [5, 5.41) is 0. The molecule has 2 aromatic carbocycles. The van der Waals surface area contributed by atoms with Crippen LogP contribution in [-0.2, 0) is 22.4 Å². The zero-order valence-electron chi connectivity index (χ0n) is 16.0. The number of carbonyl (C=O) groups is 3. The Morgan fingerprint density at radius 2 is 1.71 bits per heavy atom. The van der Waals surface area contributed by atoms with Gasteiger partial charge in [-0.15, -0.1) is 0 Å². The second kappa shape index (κ2) is 9.17. The summed E-state index contributed by atoms with van der Waals surface area (Å²) in [6.45, 7) is 3.00. The van der Waals surface area contributed by atoms with Crippen LogP contribution in [0.4, 0.5) is 0 Å². The Labute approximate surface area is 164 Å². The van der Waals surface area contributed by atoms with E-state index in [0.29, 0.717) is 18.7 Å². The minimum Gasteiger partial charge on any atom is -0.342 e. The van der Waals surface area contributed by atoms with Gasteiger partial charge in [0.1, 0.15) is 0 Å². The Balaban J connectivity index is 1.46. The van der Waals surface area contributed by atoms with Crippen molar-refractivity contribution in [3.8, 4) is 0 Å².